The quantitative estimate of drug-likeness (QED) is 0.348. The highest BCUT2D eigenvalue weighted by Crippen LogP contribution is 2.35. The van der Waals surface area contributed by atoms with Crippen LogP contribution in [-0.4, -0.2) is 15.8 Å². The number of carbonyl (C=O) groups excluding carboxylic acids is 1. The molecule has 0 saturated heterocycles. The normalized spacial score (nSPS) is 11.9. The second kappa shape index (κ2) is 8.60. The highest BCUT2D eigenvalue weighted by molar-refractivity contribution is 5.97. The zero-order chi connectivity index (χ0) is 21.9. The molecule has 2 aromatic heterocycles. The monoisotopic (exact) mass is 418 g/mol. The first-order valence-corrected chi connectivity index (χ1v) is 10.6. The molecule has 0 amide bonds. The van der Waals surface area contributed by atoms with E-state index in [9.17, 15) is 4.79 Å². The summed E-state index contributed by atoms with van der Waals surface area (Å²) in [6.45, 7) is 1.99. The highest BCUT2D eigenvalue weighted by Gasteiger charge is 2.17. The van der Waals surface area contributed by atoms with E-state index in [-0.39, 0.29) is 5.78 Å². The number of ketones is 1. The molecule has 4 nitrogen and oxygen atoms in total. The molecule has 0 radical (unpaired) electrons. The first kappa shape index (κ1) is 19.9. The summed E-state index contributed by atoms with van der Waals surface area (Å²) < 4.78 is 6.31. The van der Waals surface area contributed by atoms with Crippen LogP contribution in [0.3, 0.4) is 0 Å². The molecule has 1 aliphatic rings. The first-order chi connectivity index (χ1) is 15.7. The van der Waals surface area contributed by atoms with Crippen LogP contribution in [0.25, 0.3) is 17.3 Å². The third kappa shape index (κ3) is 4.21. The van der Waals surface area contributed by atoms with E-state index in [2.05, 4.69) is 17.1 Å². The number of fused-ring (bicyclic) bond motifs is 1. The zero-order valence-corrected chi connectivity index (χ0v) is 17.8. The molecule has 0 saturated carbocycles. The van der Waals surface area contributed by atoms with Gasteiger partial charge in [-0.2, -0.15) is 0 Å². The number of aromatic nitrogens is 2. The van der Waals surface area contributed by atoms with Gasteiger partial charge < -0.3 is 4.74 Å². The van der Waals surface area contributed by atoms with Crippen LogP contribution in [0.15, 0.2) is 85.2 Å². The van der Waals surface area contributed by atoms with Crippen LogP contribution in [-0.2, 0) is 12.8 Å². The molecule has 0 N–H and O–H groups in total. The molecule has 0 bridgehead atoms. The van der Waals surface area contributed by atoms with Crippen LogP contribution < -0.4 is 4.74 Å². The fourth-order valence-corrected chi connectivity index (χ4v) is 3.90. The molecule has 4 heteroatoms. The summed E-state index contributed by atoms with van der Waals surface area (Å²) in [4.78, 5) is 21.7. The zero-order valence-electron chi connectivity index (χ0n) is 17.8. The molecule has 0 spiro atoms. The first-order valence-electron chi connectivity index (χ1n) is 10.6. The van der Waals surface area contributed by atoms with Crippen LogP contribution in [0.4, 0.5) is 0 Å². The average Bonchev–Trinajstić information content (AvgIpc) is 3.29. The van der Waals surface area contributed by atoms with E-state index in [0.29, 0.717) is 12.2 Å². The molecule has 0 fully saturated rings. The number of benzene rings is 2. The standard InChI is InChI=1S/C28H22N2O2/c1-19-6-2-8-21(14-19)27(31)16-20-7-3-10-23(15-20)32-28-17-26(22-9-5-13-29-18-22)30-25-12-4-11-24(25)28/h2-11,13-15,17-18H,12,16H2,1H3. The summed E-state index contributed by atoms with van der Waals surface area (Å²) in [5.74, 6) is 1.55. The summed E-state index contributed by atoms with van der Waals surface area (Å²) in [5.41, 5.74) is 6.51. The van der Waals surface area contributed by atoms with Gasteiger partial charge in [-0.1, -0.05) is 48.0 Å². The Hall–Kier alpha value is -4.05. The van der Waals surface area contributed by atoms with Crippen LogP contribution >= 0.6 is 0 Å². The Labute approximate surface area is 187 Å². The number of hydrogen-bond acceptors (Lipinski definition) is 4. The van der Waals surface area contributed by atoms with E-state index in [1.165, 1.54) is 0 Å². The van der Waals surface area contributed by atoms with Crippen molar-refractivity contribution >= 4 is 11.9 Å². The van der Waals surface area contributed by atoms with Crippen LogP contribution in [0.2, 0.25) is 0 Å². The minimum atomic E-state index is 0.0949. The van der Waals surface area contributed by atoms with Crippen molar-refractivity contribution in [3.63, 3.8) is 0 Å². The summed E-state index contributed by atoms with van der Waals surface area (Å²) >= 11 is 0. The number of rotatable bonds is 6. The van der Waals surface area contributed by atoms with Gasteiger partial charge in [-0.15, -0.1) is 0 Å². The lowest BCUT2D eigenvalue weighted by atomic mass is 10.0. The maximum Gasteiger partial charge on any atom is 0.167 e. The summed E-state index contributed by atoms with van der Waals surface area (Å²) in [5, 5.41) is 0. The average molecular weight is 418 g/mol. The highest BCUT2D eigenvalue weighted by atomic mass is 16.5. The second-order valence-electron chi connectivity index (χ2n) is 7.93. The summed E-state index contributed by atoms with van der Waals surface area (Å²) in [6.07, 6.45) is 8.81. The molecule has 2 heterocycles. The van der Waals surface area contributed by atoms with Gasteiger partial charge in [0.05, 0.1) is 11.4 Å². The molecular weight excluding hydrogens is 396 g/mol. The van der Waals surface area contributed by atoms with Crippen LogP contribution in [0, 0.1) is 6.92 Å². The fourth-order valence-electron chi connectivity index (χ4n) is 3.90. The predicted molar refractivity (Wildman–Crippen MR) is 126 cm³/mol. The molecule has 0 unspecified atom stereocenters. The predicted octanol–water partition coefficient (Wildman–Crippen LogP) is 6.24. The molecule has 4 aromatic rings. The van der Waals surface area contributed by atoms with Gasteiger partial charge in [0.2, 0.25) is 0 Å². The van der Waals surface area contributed by atoms with Crippen molar-refractivity contribution in [1.82, 2.24) is 9.97 Å². The fraction of sp³-hybridized carbons (Fsp3) is 0.107. The summed E-state index contributed by atoms with van der Waals surface area (Å²) in [6, 6.07) is 21.3. The smallest absolute Gasteiger partial charge is 0.167 e. The van der Waals surface area contributed by atoms with Gasteiger partial charge in [0.1, 0.15) is 11.5 Å². The van der Waals surface area contributed by atoms with Crippen LogP contribution in [0.1, 0.15) is 32.7 Å². The molecule has 5 rings (SSSR count). The van der Waals surface area contributed by atoms with Gasteiger partial charge in [0, 0.05) is 48.0 Å². The molecule has 32 heavy (non-hydrogen) atoms. The van der Waals surface area contributed by atoms with E-state index in [1.807, 2.05) is 73.7 Å². The van der Waals surface area contributed by atoms with Crippen molar-refractivity contribution in [2.75, 3.05) is 0 Å². The van der Waals surface area contributed by atoms with Crippen molar-refractivity contribution < 1.29 is 9.53 Å². The Bertz CT molecular complexity index is 1330. The Morgan fingerprint density at radius 2 is 1.94 bits per heavy atom. The number of ether oxygens (including phenoxy) is 1. The van der Waals surface area contributed by atoms with Crippen molar-refractivity contribution in [3.05, 3.63) is 113 Å². The summed E-state index contributed by atoms with van der Waals surface area (Å²) in [7, 11) is 0. The molecule has 0 atom stereocenters. The number of pyridine rings is 2. The maximum absolute atomic E-state index is 12.7. The van der Waals surface area contributed by atoms with Gasteiger partial charge in [0.15, 0.2) is 5.78 Å². The van der Waals surface area contributed by atoms with Crippen molar-refractivity contribution in [2.24, 2.45) is 0 Å². The van der Waals surface area contributed by atoms with Gasteiger partial charge in [-0.05, 0) is 42.8 Å². The van der Waals surface area contributed by atoms with Crippen LogP contribution in [0.5, 0.6) is 11.5 Å². The van der Waals surface area contributed by atoms with Gasteiger partial charge >= 0.3 is 0 Å². The largest absolute Gasteiger partial charge is 0.457 e. The van der Waals surface area contributed by atoms with Gasteiger partial charge in [-0.25, -0.2) is 0 Å². The third-order valence-electron chi connectivity index (χ3n) is 5.48. The van der Waals surface area contributed by atoms with E-state index in [1.54, 1.807) is 12.4 Å². The van der Waals surface area contributed by atoms with E-state index in [0.717, 1.165) is 51.4 Å². The molecular formula is C28H22N2O2. The van der Waals surface area contributed by atoms with E-state index in [4.69, 9.17) is 9.72 Å². The van der Waals surface area contributed by atoms with Crippen molar-refractivity contribution in [3.8, 4) is 22.8 Å². The molecule has 1 aliphatic carbocycles. The molecule has 156 valence electrons. The van der Waals surface area contributed by atoms with Gasteiger partial charge in [0.25, 0.3) is 0 Å². The number of nitrogens with zero attached hydrogens (tertiary/aromatic N) is 2. The Morgan fingerprint density at radius 3 is 2.78 bits per heavy atom. The Kier molecular flexibility index (Phi) is 5.34. The number of carbonyl (C=O) groups is 1. The topological polar surface area (TPSA) is 52.1 Å². The lowest BCUT2D eigenvalue weighted by Gasteiger charge is -2.13. The Balaban J connectivity index is 1.42. The van der Waals surface area contributed by atoms with Gasteiger partial charge in [-0.3, -0.25) is 14.8 Å². The van der Waals surface area contributed by atoms with Crippen molar-refractivity contribution in [1.29, 1.82) is 0 Å². The number of Topliss-reactive ketones (excluding diaryl/α,β-unsaturated/α-hetero) is 1. The third-order valence-corrected chi connectivity index (χ3v) is 5.48. The molecule has 2 aromatic carbocycles. The number of hydrogen-bond donors (Lipinski definition) is 0. The number of aryl methyl sites for hydroxylation is 1. The number of allylic oxidation sites excluding steroid dienone is 1. The lowest BCUT2D eigenvalue weighted by molar-refractivity contribution is 0.0993. The van der Waals surface area contributed by atoms with E-state index >= 15 is 0 Å². The van der Waals surface area contributed by atoms with Crippen molar-refractivity contribution in [2.45, 2.75) is 19.8 Å². The lowest BCUT2D eigenvalue weighted by Crippen LogP contribution is -2.04. The second-order valence-corrected chi connectivity index (χ2v) is 7.93. The van der Waals surface area contributed by atoms with E-state index < -0.39 is 0 Å². The maximum atomic E-state index is 12.7. The Morgan fingerprint density at radius 1 is 1.03 bits per heavy atom. The molecule has 0 aliphatic heterocycles. The minimum absolute atomic E-state index is 0.0949. The minimum Gasteiger partial charge on any atom is -0.457 e. The SMILES string of the molecule is Cc1cccc(C(=O)Cc2cccc(Oc3cc(-c4cccnc4)nc4c3C=CC4)c2)c1.